The second-order valence-corrected chi connectivity index (χ2v) is 9.44. The Morgan fingerprint density at radius 1 is 1.18 bits per heavy atom. The highest BCUT2D eigenvalue weighted by atomic mass is 16.5. The maximum absolute atomic E-state index is 12.5. The molecule has 1 N–H and O–H groups in total. The highest BCUT2D eigenvalue weighted by Crippen LogP contribution is 2.43. The lowest BCUT2D eigenvalue weighted by molar-refractivity contribution is -0.156. The van der Waals surface area contributed by atoms with Gasteiger partial charge in [0.25, 0.3) is 0 Å². The molecule has 0 aromatic heterocycles. The van der Waals surface area contributed by atoms with Crippen molar-refractivity contribution in [3.63, 3.8) is 0 Å². The smallest absolute Gasteiger partial charge is 0.311 e. The van der Waals surface area contributed by atoms with E-state index >= 15 is 0 Å². The molecular formula is C23H41NO4. The number of methoxy groups -OCH3 is 1. The molecule has 1 saturated heterocycles. The second kappa shape index (κ2) is 11.6. The summed E-state index contributed by atoms with van der Waals surface area (Å²) in [7, 11) is 1.49. The van der Waals surface area contributed by atoms with Crippen LogP contribution in [0.5, 0.6) is 0 Å². The first kappa shape index (κ1) is 24.7. The van der Waals surface area contributed by atoms with Gasteiger partial charge in [-0.1, -0.05) is 26.5 Å². The Kier molecular flexibility index (Phi) is 10.2. The van der Waals surface area contributed by atoms with E-state index in [4.69, 9.17) is 9.47 Å². The molecule has 0 amide bonds. The molecule has 0 aromatic rings. The summed E-state index contributed by atoms with van der Waals surface area (Å²) in [6, 6.07) is 0. The normalized spacial score (nSPS) is 17.0. The second-order valence-electron chi connectivity index (χ2n) is 9.44. The van der Waals surface area contributed by atoms with Gasteiger partial charge in [-0.15, -0.1) is 0 Å². The fourth-order valence-corrected chi connectivity index (χ4v) is 4.45. The van der Waals surface area contributed by atoms with Crippen molar-refractivity contribution < 1.29 is 19.1 Å². The molecular weight excluding hydrogens is 354 g/mol. The third kappa shape index (κ3) is 7.94. The van der Waals surface area contributed by atoms with Crippen LogP contribution in [-0.2, 0) is 19.1 Å². The molecule has 0 aromatic carbocycles. The van der Waals surface area contributed by atoms with E-state index in [0.29, 0.717) is 18.3 Å². The highest BCUT2D eigenvalue weighted by Gasteiger charge is 2.42. The van der Waals surface area contributed by atoms with E-state index in [0.717, 1.165) is 51.6 Å². The van der Waals surface area contributed by atoms with Crippen LogP contribution in [0.4, 0.5) is 0 Å². The van der Waals surface area contributed by atoms with Gasteiger partial charge in [0.05, 0.1) is 12.5 Å². The number of carbonyl (C=O) groups is 2. The Labute approximate surface area is 171 Å². The maximum Gasteiger partial charge on any atom is 0.311 e. The lowest BCUT2D eigenvalue weighted by Crippen LogP contribution is -2.42. The minimum absolute atomic E-state index is 0.112. The van der Waals surface area contributed by atoms with Gasteiger partial charge in [0.2, 0.25) is 0 Å². The molecule has 0 spiro atoms. The summed E-state index contributed by atoms with van der Waals surface area (Å²) in [6.45, 7) is 14.5. The van der Waals surface area contributed by atoms with Gasteiger partial charge in [0, 0.05) is 6.42 Å². The van der Waals surface area contributed by atoms with Gasteiger partial charge < -0.3 is 14.8 Å². The van der Waals surface area contributed by atoms with Crippen LogP contribution in [0.3, 0.4) is 0 Å². The number of carbonyl (C=O) groups excluding carboxylic acids is 2. The van der Waals surface area contributed by atoms with Gasteiger partial charge in [-0.2, -0.15) is 0 Å². The predicted molar refractivity (Wildman–Crippen MR) is 113 cm³/mol. The molecule has 1 atom stereocenters. The van der Waals surface area contributed by atoms with Crippen LogP contribution in [0.25, 0.3) is 0 Å². The van der Waals surface area contributed by atoms with Crippen LogP contribution in [0.2, 0.25) is 0 Å². The topological polar surface area (TPSA) is 64.6 Å². The lowest BCUT2D eigenvalue weighted by Gasteiger charge is -2.41. The Balaban J connectivity index is 2.65. The number of piperidine rings is 1. The first-order valence-corrected chi connectivity index (χ1v) is 10.7. The molecule has 1 rings (SSSR count). The van der Waals surface area contributed by atoms with Crippen molar-refractivity contribution in [3.05, 3.63) is 12.7 Å². The predicted octanol–water partition coefficient (Wildman–Crippen LogP) is 4.51. The summed E-state index contributed by atoms with van der Waals surface area (Å²) in [4.78, 5) is 24.2. The first-order chi connectivity index (χ1) is 13.1. The number of ether oxygens (including phenoxy) is 2. The molecule has 5 nitrogen and oxygen atoms in total. The largest absolute Gasteiger partial charge is 0.469 e. The standard InChI is InChI=1S/C23H41NO4/c1-7-17-28-20(25)9-8-13-22(2,3)14-10-19(18-11-15-24-16-12-18)23(4,5)21(26)27-6/h7,18-19,24H,1,8-17H2,2-6H3. The number of rotatable bonds is 12. The van der Waals surface area contributed by atoms with E-state index in [1.807, 2.05) is 13.8 Å². The molecule has 0 bridgehead atoms. The monoisotopic (exact) mass is 395 g/mol. The molecule has 1 aliphatic rings. The van der Waals surface area contributed by atoms with Crippen LogP contribution in [0.15, 0.2) is 12.7 Å². The molecule has 28 heavy (non-hydrogen) atoms. The Morgan fingerprint density at radius 2 is 1.82 bits per heavy atom. The molecule has 1 fully saturated rings. The highest BCUT2D eigenvalue weighted by molar-refractivity contribution is 5.76. The molecule has 5 heteroatoms. The summed E-state index contributed by atoms with van der Waals surface area (Å²) in [5, 5.41) is 3.42. The van der Waals surface area contributed by atoms with E-state index in [2.05, 4.69) is 25.7 Å². The molecule has 0 aliphatic carbocycles. The Bertz CT molecular complexity index is 507. The molecule has 162 valence electrons. The van der Waals surface area contributed by atoms with E-state index < -0.39 is 5.41 Å². The van der Waals surface area contributed by atoms with Crippen molar-refractivity contribution in [3.8, 4) is 0 Å². The number of hydrogen-bond acceptors (Lipinski definition) is 5. The number of nitrogens with one attached hydrogen (secondary N) is 1. The molecule has 0 radical (unpaired) electrons. The maximum atomic E-state index is 12.5. The minimum atomic E-state index is -0.485. The summed E-state index contributed by atoms with van der Waals surface area (Å²) in [6.07, 6.45) is 8.08. The average molecular weight is 396 g/mol. The summed E-state index contributed by atoms with van der Waals surface area (Å²) < 4.78 is 10.2. The Hall–Kier alpha value is -1.36. The van der Waals surface area contributed by atoms with E-state index in [9.17, 15) is 9.59 Å². The van der Waals surface area contributed by atoms with Crippen molar-refractivity contribution in [2.24, 2.45) is 22.7 Å². The quantitative estimate of drug-likeness (QED) is 0.389. The number of esters is 2. The van der Waals surface area contributed by atoms with E-state index in [1.165, 1.54) is 7.11 Å². The Morgan fingerprint density at radius 3 is 2.39 bits per heavy atom. The van der Waals surface area contributed by atoms with Crippen LogP contribution in [-0.4, -0.2) is 38.7 Å². The zero-order chi connectivity index (χ0) is 21.2. The zero-order valence-corrected chi connectivity index (χ0v) is 18.6. The van der Waals surface area contributed by atoms with Crippen molar-refractivity contribution in [1.82, 2.24) is 5.32 Å². The van der Waals surface area contributed by atoms with Gasteiger partial charge in [-0.3, -0.25) is 9.59 Å². The zero-order valence-electron chi connectivity index (χ0n) is 18.6. The van der Waals surface area contributed by atoms with Crippen LogP contribution < -0.4 is 5.32 Å². The fourth-order valence-electron chi connectivity index (χ4n) is 4.45. The van der Waals surface area contributed by atoms with E-state index in [1.54, 1.807) is 6.08 Å². The summed E-state index contributed by atoms with van der Waals surface area (Å²) in [5.74, 6) is 0.577. The molecule has 1 aliphatic heterocycles. The van der Waals surface area contributed by atoms with Crippen molar-refractivity contribution >= 4 is 11.9 Å². The third-order valence-electron chi connectivity index (χ3n) is 6.32. The first-order valence-electron chi connectivity index (χ1n) is 10.7. The van der Waals surface area contributed by atoms with Crippen LogP contribution >= 0.6 is 0 Å². The van der Waals surface area contributed by atoms with Gasteiger partial charge in [0.1, 0.15) is 6.61 Å². The van der Waals surface area contributed by atoms with Crippen molar-refractivity contribution in [2.45, 2.75) is 72.6 Å². The molecule has 0 saturated carbocycles. The van der Waals surface area contributed by atoms with Crippen LogP contribution in [0.1, 0.15) is 72.6 Å². The fraction of sp³-hybridized carbons (Fsp3) is 0.826. The van der Waals surface area contributed by atoms with Crippen molar-refractivity contribution in [2.75, 3.05) is 26.8 Å². The van der Waals surface area contributed by atoms with Gasteiger partial charge in [-0.25, -0.2) is 0 Å². The average Bonchev–Trinajstić information content (AvgIpc) is 2.66. The lowest BCUT2D eigenvalue weighted by atomic mass is 9.65. The van der Waals surface area contributed by atoms with Gasteiger partial charge in [-0.05, 0) is 82.7 Å². The third-order valence-corrected chi connectivity index (χ3v) is 6.32. The van der Waals surface area contributed by atoms with Gasteiger partial charge in [0.15, 0.2) is 0 Å². The summed E-state index contributed by atoms with van der Waals surface area (Å²) >= 11 is 0. The molecule has 1 unspecified atom stereocenters. The van der Waals surface area contributed by atoms with Gasteiger partial charge >= 0.3 is 11.9 Å². The van der Waals surface area contributed by atoms with E-state index in [-0.39, 0.29) is 24.0 Å². The minimum Gasteiger partial charge on any atom is -0.469 e. The molecule has 1 heterocycles. The van der Waals surface area contributed by atoms with Crippen LogP contribution in [0, 0.1) is 22.7 Å². The SMILES string of the molecule is C=CCOC(=O)CCCC(C)(C)CCC(C1CCNCC1)C(C)(C)C(=O)OC. The van der Waals surface area contributed by atoms with Crippen molar-refractivity contribution in [1.29, 1.82) is 0 Å². The number of hydrogen-bond donors (Lipinski definition) is 1. The summed E-state index contributed by atoms with van der Waals surface area (Å²) in [5.41, 5.74) is -0.364.